The first-order valence-electron chi connectivity index (χ1n) is 7.76. The molecule has 3 N–H and O–H groups in total. The smallest absolute Gasteiger partial charge is 0.335 e. The standard InChI is InChI=1S/C17H15N3O6S/c21-8-7-20(16-13-3-1-2-4-15(13)27(25,26)19-16)18-10-12-9-11(17(23)24)5-6-14(12)22/h1-6,9-10,21-22H,7-8H2,(H,23,24)/b18-10+. The van der Waals surface area contributed by atoms with Crippen LogP contribution in [0.3, 0.4) is 0 Å². The molecule has 0 saturated heterocycles. The zero-order valence-electron chi connectivity index (χ0n) is 13.8. The van der Waals surface area contributed by atoms with Gasteiger partial charge in [0.15, 0.2) is 5.84 Å². The second kappa shape index (κ2) is 7.17. The van der Waals surface area contributed by atoms with Crippen LogP contribution in [0.5, 0.6) is 5.75 Å². The molecule has 0 radical (unpaired) electrons. The third kappa shape index (κ3) is 3.66. The number of aliphatic hydroxyl groups excluding tert-OH is 1. The van der Waals surface area contributed by atoms with Crippen LogP contribution in [0.1, 0.15) is 21.5 Å². The summed E-state index contributed by atoms with van der Waals surface area (Å²) in [5, 5.41) is 33.5. The highest BCUT2D eigenvalue weighted by atomic mass is 32.2. The molecule has 1 heterocycles. The van der Waals surface area contributed by atoms with Crippen molar-refractivity contribution in [1.29, 1.82) is 0 Å². The molecular formula is C17H15N3O6S. The second-order valence-electron chi connectivity index (χ2n) is 5.56. The Labute approximate surface area is 154 Å². The van der Waals surface area contributed by atoms with Crippen molar-refractivity contribution in [3.8, 4) is 5.75 Å². The van der Waals surface area contributed by atoms with E-state index in [0.717, 1.165) is 0 Å². The first kappa shape index (κ1) is 18.5. The summed E-state index contributed by atoms with van der Waals surface area (Å²) in [6, 6.07) is 9.89. The molecule has 10 heteroatoms. The van der Waals surface area contributed by atoms with E-state index in [1.165, 1.54) is 35.5 Å². The van der Waals surface area contributed by atoms with Crippen molar-refractivity contribution in [3.63, 3.8) is 0 Å². The maximum Gasteiger partial charge on any atom is 0.335 e. The van der Waals surface area contributed by atoms with Gasteiger partial charge in [-0.1, -0.05) is 12.1 Å². The predicted molar refractivity (Wildman–Crippen MR) is 96.6 cm³/mol. The van der Waals surface area contributed by atoms with Gasteiger partial charge in [-0.15, -0.1) is 4.40 Å². The van der Waals surface area contributed by atoms with E-state index >= 15 is 0 Å². The summed E-state index contributed by atoms with van der Waals surface area (Å²) in [5.74, 6) is -1.34. The summed E-state index contributed by atoms with van der Waals surface area (Å²) in [7, 11) is -3.86. The molecule has 0 spiro atoms. The minimum absolute atomic E-state index is 0.0322. The van der Waals surface area contributed by atoms with Crippen LogP contribution in [-0.4, -0.2) is 59.9 Å². The molecule has 0 amide bonds. The largest absolute Gasteiger partial charge is 0.507 e. The monoisotopic (exact) mass is 389 g/mol. The van der Waals surface area contributed by atoms with Crippen LogP contribution in [-0.2, 0) is 10.0 Å². The van der Waals surface area contributed by atoms with Crippen LogP contribution in [0.4, 0.5) is 0 Å². The van der Waals surface area contributed by atoms with E-state index in [1.54, 1.807) is 18.2 Å². The average Bonchev–Trinajstić information content (AvgIpc) is 2.91. The summed E-state index contributed by atoms with van der Waals surface area (Å²) in [5.41, 5.74) is 0.410. The molecule has 9 nitrogen and oxygen atoms in total. The Morgan fingerprint density at radius 2 is 1.96 bits per heavy atom. The summed E-state index contributed by atoms with van der Waals surface area (Å²) < 4.78 is 28.1. The summed E-state index contributed by atoms with van der Waals surface area (Å²) in [6.45, 7) is -0.391. The first-order valence-corrected chi connectivity index (χ1v) is 9.20. The molecule has 0 saturated carbocycles. The Kier molecular flexibility index (Phi) is 4.93. The molecule has 0 fully saturated rings. The number of aliphatic hydroxyl groups is 1. The molecular weight excluding hydrogens is 374 g/mol. The van der Waals surface area contributed by atoms with Crippen molar-refractivity contribution >= 4 is 28.0 Å². The fraction of sp³-hybridized carbons (Fsp3) is 0.118. The number of phenolic OH excluding ortho intramolecular Hbond substituents is 1. The highest BCUT2D eigenvalue weighted by Gasteiger charge is 2.31. The number of aromatic hydroxyl groups is 1. The molecule has 0 atom stereocenters. The third-order valence-electron chi connectivity index (χ3n) is 3.78. The zero-order chi connectivity index (χ0) is 19.6. The number of sulfonamides is 1. The fourth-order valence-electron chi connectivity index (χ4n) is 2.51. The molecule has 3 rings (SSSR count). The van der Waals surface area contributed by atoms with Crippen LogP contribution in [0.2, 0.25) is 0 Å². The van der Waals surface area contributed by atoms with Gasteiger partial charge in [0.2, 0.25) is 0 Å². The maximum atomic E-state index is 12.2. The van der Waals surface area contributed by atoms with Gasteiger partial charge in [-0.05, 0) is 30.3 Å². The van der Waals surface area contributed by atoms with Crippen LogP contribution in [0.15, 0.2) is 56.9 Å². The number of aromatic carboxylic acids is 1. The number of phenols is 1. The number of hydrogen-bond acceptors (Lipinski definition) is 7. The molecule has 140 valence electrons. The Hall–Kier alpha value is -3.24. The quantitative estimate of drug-likeness (QED) is 0.509. The molecule has 2 aromatic rings. The first-order chi connectivity index (χ1) is 12.8. The molecule has 1 aliphatic heterocycles. The number of nitrogens with zero attached hydrogens (tertiary/aromatic N) is 3. The van der Waals surface area contributed by atoms with E-state index in [0.29, 0.717) is 5.56 Å². The number of benzene rings is 2. The summed E-state index contributed by atoms with van der Waals surface area (Å²) in [6.07, 6.45) is 1.17. The van der Waals surface area contributed by atoms with E-state index in [1.807, 2.05) is 0 Å². The lowest BCUT2D eigenvalue weighted by atomic mass is 10.1. The van der Waals surface area contributed by atoms with Crippen LogP contribution in [0.25, 0.3) is 0 Å². The number of amidine groups is 1. The predicted octanol–water partition coefficient (Wildman–Crippen LogP) is 0.868. The highest BCUT2D eigenvalue weighted by Crippen LogP contribution is 2.27. The van der Waals surface area contributed by atoms with Gasteiger partial charge in [0.1, 0.15) is 10.6 Å². The van der Waals surface area contributed by atoms with Gasteiger partial charge in [-0.3, -0.25) is 0 Å². The lowest BCUT2D eigenvalue weighted by molar-refractivity contribution is 0.0697. The van der Waals surface area contributed by atoms with E-state index in [9.17, 15) is 23.4 Å². The summed E-state index contributed by atoms with van der Waals surface area (Å²) >= 11 is 0. The third-order valence-corrected chi connectivity index (χ3v) is 5.10. The number of hydrazone groups is 1. The van der Waals surface area contributed by atoms with E-state index in [-0.39, 0.29) is 40.8 Å². The Morgan fingerprint density at radius 3 is 2.67 bits per heavy atom. The van der Waals surface area contributed by atoms with Crippen molar-refractivity contribution in [3.05, 3.63) is 59.2 Å². The van der Waals surface area contributed by atoms with Crippen molar-refractivity contribution in [2.75, 3.05) is 13.2 Å². The van der Waals surface area contributed by atoms with Gasteiger partial charge in [-0.25, -0.2) is 9.80 Å². The minimum Gasteiger partial charge on any atom is -0.507 e. The molecule has 0 unspecified atom stereocenters. The fourth-order valence-corrected chi connectivity index (χ4v) is 3.72. The van der Waals surface area contributed by atoms with Crippen molar-refractivity contribution in [2.45, 2.75) is 4.90 Å². The van der Waals surface area contributed by atoms with Crippen molar-refractivity contribution in [2.24, 2.45) is 9.50 Å². The van der Waals surface area contributed by atoms with Gasteiger partial charge in [0.05, 0.1) is 24.9 Å². The van der Waals surface area contributed by atoms with Gasteiger partial charge in [0, 0.05) is 11.1 Å². The van der Waals surface area contributed by atoms with Crippen LogP contribution >= 0.6 is 0 Å². The number of rotatable bonds is 5. The zero-order valence-corrected chi connectivity index (χ0v) is 14.7. The van der Waals surface area contributed by atoms with Crippen LogP contribution in [0, 0.1) is 0 Å². The number of carboxylic acids is 1. The molecule has 27 heavy (non-hydrogen) atoms. The number of carbonyl (C=O) groups is 1. The van der Waals surface area contributed by atoms with E-state index < -0.39 is 16.0 Å². The number of hydrogen-bond donors (Lipinski definition) is 3. The lowest BCUT2D eigenvalue weighted by Crippen LogP contribution is -2.28. The molecule has 0 aromatic heterocycles. The van der Waals surface area contributed by atoms with Crippen LogP contribution < -0.4 is 0 Å². The Bertz CT molecular complexity index is 1060. The number of fused-ring (bicyclic) bond motifs is 1. The Balaban J connectivity index is 2.00. The topological polar surface area (TPSA) is 140 Å². The van der Waals surface area contributed by atoms with Crippen molar-refractivity contribution in [1.82, 2.24) is 5.01 Å². The highest BCUT2D eigenvalue weighted by molar-refractivity contribution is 7.90. The van der Waals surface area contributed by atoms with Gasteiger partial charge in [-0.2, -0.15) is 13.5 Å². The summed E-state index contributed by atoms with van der Waals surface area (Å²) in [4.78, 5) is 11.1. The van der Waals surface area contributed by atoms with Gasteiger partial charge >= 0.3 is 5.97 Å². The maximum absolute atomic E-state index is 12.2. The Morgan fingerprint density at radius 1 is 1.22 bits per heavy atom. The molecule has 0 aliphatic carbocycles. The second-order valence-corrected chi connectivity index (χ2v) is 7.13. The number of carboxylic acid groups (broad SMARTS) is 1. The van der Waals surface area contributed by atoms with Gasteiger partial charge in [0.25, 0.3) is 10.0 Å². The SMILES string of the molecule is O=C(O)c1ccc(O)c(/C=N/N(CCO)C2=NS(=O)(=O)c3ccccc32)c1. The minimum atomic E-state index is -3.86. The van der Waals surface area contributed by atoms with Gasteiger partial charge < -0.3 is 15.3 Å². The lowest BCUT2D eigenvalue weighted by Gasteiger charge is -2.17. The van der Waals surface area contributed by atoms with E-state index in [4.69, 9.17) is 5.11 Å². The average molecular weight is 389 g/mol. The normalized spacial score (nSPS) is 14.8. The molecule has 1 aliphatic rings. The molecule has 0 bridgehead atoms. The van der Waals surface area contributed by atoms with E-state index in [2.05, 4.69) is 9.50 Å². The molecule has 2 aromatic carbocycles. The van der Waals surface area contributed by atoms with Crippen molar-refractivity contribution < 1.29 is 28.5 Å².